The number of hydrogen-bond acceptors (Lipinski definition) is 2. The number of ether oxygens (including phenoxy) is 1. The van der Waals surface area contributed by atoms with Crippen molar-refractivity contribution in [2.75, 3.05) is 0 Å². The van der Waals surface area contributed by atoms with Gasteiger partial charge in [-0.05, 0) is 42.5 Å². The van der Waals surface area contributed by atoms with Crippen molar-refractivity contribution >= 4 is 21.9 Å². The Morgan fingerprint density at radius 2 is 1.83 bits per heavy atom. The van der Waals surface area contributed by atoms with E-state index in [0.717, 1.165) is 16.6 Å². The Hall–Kier alpha value is -1.88. The average Bonchev–Trinajstić information content (AvgIpc) is 2.34. The van der Waals surface area contributed by atoms with Gasteiger partial charge in [0, 0.05) is 4.47 Å². The Kier molecular flexibility index (Phi) is 3.62. The van der Waals surface area contributed by atoms with Crippen LogP contribution in [-0.4, -0.2) is 11.1 Å². The molecule has 0 saturated carbocycles. The number of halogens is 2. The van der Waals surface area contributed by atoms with Crippen molar-refractivity contribution < 1.29 is 19.0 Å². The van der Waals surface area contributed by atoms with Crippen LogP contribution in [0.2, 0.25) is 0 Å². The molecule has 5 heteroatoms. The molecular formula is C13H8BrFO3. The zero-order valence-corrected chi connectivity index (χ0v) is 10.6. The Balaban J connectivity index is 2.34. The van der Waals surface area contributed by atoms with E-state index < -0.39 is 11.8 Å². The zero-order chi connectivity index (χ0) is 13.1. The van der Waals surface area contributed by atoms with Crippen LogP contribution in [0.15, 0.2) is 46.9 Å². The molecule has 2 rings (SSSR count). The van der Waals surface area contributed by atoms with E-state index in [9.17, 15) is 9.18 Å². The lowest BCUT2D eigenvalue weighted by Crippen LogP contribution is -2.00. The summed E-state index contributed by atoms with van der Waals surface area (Å²) in [5.41, 5.74) is -0.210. The second-order valence-corrected chi connectivity index (χ2v) is 4.42. The molecule has 0 saturated heterocycles. The van der Waals surface area contributed by atoms with Gasteiger partial charge in [0.15, 0.2) is 0 Å². The fourth-order valence-electron chi connectivity index (χ4n) is 1.39. The third-order valence-electron chi connectivity index (χ3n) is 2.21. The molecule has 0 bridgehead atoms. The van der Waals surface area contributed by atoms with Crippen molar-refractivity contribution in [3.8, 4) is 11.5 Å². The van der Waals surface area contributed by atoms with Crippen LogP contribution in [-0.2, 0) is 0 Å². The van der Waals surface area contributed by atoms with Crippen LogP contribution in [0.4, 0.5) is 4.39 Å². The van der Waals surface area contributed by atoms with Crippen LogP contribution in [0.1, 0.15) is 10.4 Å². The van der Waals surface area contributed by atoms with Gasteiger partial charge in [-0.3, -0.25) is 0 Å². The minimum Gasteiger partial charge on any atom is -0.478 e. The summed E-state index contributed by atoms with van der Waals surface area (Å²) >= 11 is 3.28. The van der Waals surface area contributed by atoms with E-state index >= 15 is 0 Å². The number of carboxylic acid groups (broad SMARTS) is 1. The summed E-state index contributed by atoms with van der Waals surface area (Å²) in [6.45, 7) is 0. The van der Waals surface area contributed by atoms with E-state index in [0.29, 0.717) is 5.75 Å². The third kappa shape index (κ3) is 2.87. The molecule has 2 aromatic carbocycles. The highest BCUT2D eigenvalue weighted by Gasteiger charge is 2.13. The van der Waals surface area contributed by atoms with Crippen molar-refractivity contribution in [2.24, 2.45) is 0 Å². The van der Waals surface area contributed by atoms with Gasteiger partial charge in [0.25, 0.3) is 0 Å². The summed E-state index contributed by atoms with van der Waals surface area (Å²) in [5, 5.41) is 8.96. The number of carboxylic acids is 1. The Bertz CT molecular complexity index is 581. The molecule has 92 valence electrons. The highest BCUT2D eigenvalue weighted by atomic mass is 79.9. The molecule has 3 nitrogen and oxygen atoms in total. The first-order chi connectivity index (χ1) is 8.56. The number of aromatic carboxylic acids is 1. The van der Waals surface area contributed by atoms with Gasteiger partial charge in [0.05, 0.1) is 0 Å². The molecular weight excluding hydrogens is 303 g/mol. The lowest BCUT2D eigenvalue weighted by atomic mass is 10.2. The van der Waals surface area contributed by atoms with Crippen molar-refractivity contribution in [1.29, 1.82) is 0 Å². The number of hydrogen-bond donors (Lipinski definition) is 1. The van der Waals surface area contributed by atoms with E-state index in [1.807, 2.05) is 0 Å². The van der Waals surface area contributed by atoms with Gasteiger partial charge in [0.1, 0.15) is 22.9 Å². The Morgan fingerprint density at radius 3 is 2.44 bits per heavy atom. The lowest BCUT2D eigenvalue weighted by molar-refractivity contribution is 0.0693. The molecule has 0 atom stereocenters. The summed E-state index contributed by atoms with van der Waals surface area (Å²) in [4.78, 5) is 11.0. The Morgan fingerprint density at radius 1 is 1.17 bits per heavy atom. The Labute approximate surface area is 111 Å². The minimum atomic E-state index is -1.23. The number of carbonyl (C=O) groups is 1. The van der Waals surface area contributed by atoms with Crippen molar-refractivity contribution in [3.05, 3.63) is 58.3 Å². The minimum absolute atomic E-state index is 0.103. The predicted molar refractivity (Wildman–Crippen MR) is 67.6 cm³/mol. The van der Waals surface area contributed by atoms with Crippen LogP contribution < -0.4 is 4.74 Å². The molecule has 0 fully saturated rings. The third-order valence-corrected chi connectivity index (χ3v) is 2.74. The molecule has 18 heavy (non-hydrogen) atoms. The van der Waals surface area contributed by atoms with E-state index in [1.54, 1.807) is 24.3 Å². The fourth-order valence-corrected chi connectivity index (χ4v) is 1.65. The first kappa shape index (κ1) is 12.6. The van der Waals surface area contributed by atoms with Crippen molar-refractivity contribution in [1.82, 2.24) is 0 Å². The maximum absolute atomic E-state index is 13.0. The van der Waals surface area contributed by atoms with E-state index in [1.165, 1.54) is 6.07 Å². The highest BCUT2D eigenvalue weighted by Crippen LogP contribution is 2.27. The average molecular weight is 311 g/mol. The van der Waals surface area contributed by atoms with Crippen LogP contribution in [0.3, 0.4) is 0 Å². The molecule has 0 aliphatic heterocycles. The second-order valence-electron chi connectivity index (χ2n) is 3.50. The molecule has 0 spiro atoms. The van der Waals surface area contributed by atoms with Gasteiger partial charge < -0.3 is 9.84 Å². The maximum Gasteiger partial charge on any atom is 0.339 e. The van der Waals surface area contributed by atoms with Gasteiger partial charge in [-0.15, -0.1) is 0 Å². The fraction of sp³-hybridized carbons (Fsp3) is 0. The molecule has 0 aliphatic rings. The van der Waals surface area contributed by atoms with Crippen LogP contribution in [0.25, 0.3) is 0 Å². The topological polar surface area (TPSA) is 46.5 Å². The first-order valence-electron chi connectivity index (χ1n) is 5.02. The summed E-state index contributed by atoms with van der Waals surface area (Å²) in [6.07, 6.45) is 0. The largest absolute Gasteiger partial charge is 0.478 e. The monoisotopic (exact) mass is 310 g/mol. The SMILES string of the molecule is O=C(O)c1cc(F)ccc1Oc1ccc(Br)cc1. The van der Waals surface area contributed by atoms with E-state index in [2.05, 4.69) is 15.9 Å². The van der Waals surface area contributed by atoms with Crippen LogP contribution in [0.5, 0.6) is 11.5 Å². The molecule has 0 aromatic heterocycles. The first-order valence-corrected chi connectivity index (χ1v) is 5.82. The molecule has 0 radical (unpaired) electrons. The van der Waals surface area contributed by atoms with Crippen molar-refractivity contribution in [3.63, 3.8) is 0 Å². The number of benzene rings is 2. The molecule has 1 N–H and O–H groups in total. The van der Waals surface area contributed by atoms with Gasteiger partial charge in [0.2, 0.25) is 0 Å². The molecule has 2 aromatic rings. The summed E-state index contributed by atoms with van der Waals surface area (Å²) in [5.74, 6) is -1.27. The van der Waals surface area contributed by atoms with Gasteiger partial charge in [-0.2, -0.15) is 0 Å². The van der Waals surface area contributed by atoms with E-state index in [-0.39, 0.29) is 11.3 Å². The lowest BCUT2D eigenvalue weighted by Gasteiger charge is -2.08. The molecule has 0 unspecified atom stereocenters. The van der Waals surface area contributed by atoms with E-state index in [4.69, 9.17) is 9.84 Å². The zero-order valence-electron chi connectivity index (χ0n) is 9.06. The van der Waals surface area contributed by atoms with Gasteiger partial charge in [-0.1, -0.05) is 15.9 Å². The molecule has 0 amide bonds. The van der Waals surface area contributed by atoms with Crippen molar-refractivity contribution in [2.45, 2.75) is 0 Å². The quantitative estimate of drug-likeness (QED) is 0.929. The van der Waals surface area contributed by atoms with Gasteiger partial charge in [-0.25, -0.2) is 9.18 Å². The highest BCUT2D eigenvalue weighted by molar-refractivity contribution is 9.10. The maximum atomic E-state index is 13.0. The van der Waals surface area contributed by atoms with Crippen LogP contribution >= 0.6 is 15.9 Å². The molecule has 0 aliphatic carbocycles. The summed E-state index contributed by atoms with van der Waals surface area (Å²) in [7, 11) is 0. The summed E-state index contributed by atoms with van der Waals surface area (Å²) in [6, 6.07) is 10.3. The second kappa shape index (κ2) is 5.18. The van der Waals surface area contributed by atoms with Crippen LogP contribution in [0, 0.1) is 5.82 Å². The predicted octanol–water partition coefficient (Wildman–Crippen LogP) is 4.08. The molecule has 0 heterocycles. The smallest absolute Gasteiger partial charge is 0.339 e. The standard InChI is InChI=1S/C13H8BrFO3/c14-8-1-4-10(5-2-8)18-12-6-3-9(15)7-11(12)13(16)17/h1-7H,(H,16,17). The summed E-state index contributed by atoms with van der Waals surface area (Å²) < 4.78 is 19.3. The van der Waals surface area contributed by atoms with Gasteiger partial charge >= 0.3 is 5.97 Å². The normalized spacial score (nSPS) is 10.1. The number of rotatable bonds is 3.